The number of aliphatic carboxylic acids is 1. The van der Waals surface area contributed by atoms with E-state index in [4.69, 9.17) is 4.74 Å². The number of rotatable bonds is 9. The number of anilines is 1. The lowest BCUT2D eigenvalue weighted by Crippen LogP contribution is -2.40. The Labute approximate surface area is 184 Å². The molecule has 0 bridgehead atoms. The number of ether oxygens (including phenoxy) is 1. The van der Waals surface area contributed by atoms with Crippen molar-refractivity contribution in [3.8, 4) is 16.9 Å². The first-order valence-electron chi connectivity index (χ1n) is 10.5. The Morgan fingerprint density at radius 3 is 2.16 bits per heavy atom. The maximum Gasteiger partial charge on any atom is 0.347 e. The lowest BCUT2D eigenvalue weighted by Gasteiger charge is -2.24. The minimum absolute atomic E-state index is 0.388. The summed E-state index contributed by atoms with van der Waals surface area (Å²) in [5.41, 5.74) is 4.55. The predicted octanol–water partition coefficient (Wildman–Crippen LogP) is 6.50. The third-order valence-corrected chi connectivity index (χ3v) is 5.49. The zero-order valence-corrected chi connectivity index (χ0v) is 18.3. The first-order chi connectivity index (χ1) is 14.9. The van der Waals surface area contributed by atoms with Crippen LogP contribution in [-0.2, 0) is 4.79 Å². The molecule has 0 aliphatic carbocycles. The smallest absolute Gasteiger partial charge is 0.347 e. The fraction of sp³-hybridized carbons (Fsp3) is 0.222. The molecule has 4 nitrogen and oxygen atoms in total. The van der Waals surface area contributed by atoms with E-state index in [2.05, 4.69) is 54.7 Å². The van der Waals surface area contributed by atoms with Crippen molar-refractivity contribution in [2.24, 2.45) is 0 Å². The van der Waals surface area contributed by atoms with Gasteiger partial charge in [0.2, 0.25) is 5.60 Å². The summed E-state index contributed by atoms with van der Waals surface area (Å²) in [6.07, 6.45) is 2.54. The fourth-order valence-electron chi connectivity index (χ4n) is 3.16. The van der Waals surface area contributed by atoms with Gasteiger partial charge in [0.15, 0.2) is 0 Å². The van der Waals surface area contributed by atoms with E-state index in [1.54, 1.807) is 26.0 Å². The number of carboxylic acid groups (broad SMARTS) is 1. The van der Waals surface area contributed by atoms with Crippen LogP contribution in [0.1, 0.15) is 32.8 Å². The normalized spacial score (nSPS) is 13.3. The minimum atomic E-state index is -1.22. The van der Waals surface area contributed by atoms with Crippen molar-refractivity contribution in [2.45, 2.75) is 32.8 Å². The van der Waals surface area contributed by atoms with Crippen molar-refractivity contribution < 1.29 is 14.6 Å². The van der Waals surface area contributed by atoms with Gasteiger partial charge in [-0.05, 0) is 66.8 Å². The highest BCUT2D eigenvalue weighted by molar-refractivity contribution is 5.77. The van der Waals surface area contributed by atoms with Crippen LogP contribution < -0.4 is 10.1 Å². The molecule has 0 spiro atoms. The molecule has 3 rings (SSSR count). The van der Waals surface area contributed by atoms with E-state index in [0.717, 1.165) is 5.69 Å². The molecule has 0 heterocycles. The predicted molar refractivity (Wildman–Crippen MR) is 127 cm³/mol. The Balaban J connectivity index is 1.57. The highest BCUT2D eigenvalue weighted by Gasteiger charge is 2.33. The summed E-state index contributed by atoms with van der Waals surface area (Å²) in [4.78, 5) is 11.4. The van der Waals surface area contributed by atoms with E-state index >= 15 is 0 Å². The molecule has 0 saturated heterocycles. The second kappa shape index (κ2) is 9.98. The fourth-order valence-corrected chi connectivity index (χ4v) is 3.16. The van der Waals surface area contributed by atoms with Gasteiger partial charge in [0.25, 0.3) is 0 Å². The molecule has 0 saturated carbocycles. The second-order valence-corrected chi connectivity index (χ2v) is 7.73. The van der Waals surface area contributed by atoms with Gasteiger partial charge in [-0.1, -0.05) is 67.6 Å². The SMILES string of the molecule is CC[C@@](C)(Oc1ccc(NC/C=C(\C)c2ccc(-c3ccccc3)cc2)cc1)C(=O)O. The molecule has 2 N–H and O–H groups in total. The van der Waals surface area contributed by atoms with Gasteiger partial charge in [-0.25, -0.2) is 4.79 Å². The monoisotopic (exact) mass is 415 g/mol. The lowest BCUT2D eigenvalue weighted by atomic mass is 10.0. The van der Waals surface area contributed by atoms with Crippen molar-refractivity contribution in [1.29, 1.82) is 0 Å². The molecular formula is C27H29NO3. The average Bonchev–Trinajstić information content (AvgIpc) is 2.80. The van der Waals surface area contributed by atoms with Crippen molar-refractivity contribution in [1.82, 2.24) is 0 Å². The lowest BCUT2D eigenvalue weighted by molar-refractivity contribution is -0.154. The van der Waals surface area contributed by atoms with Gasteiger partial charge in [-0.3, -0.25) is 0 Å². The van der Waals surface area contributed by atoms with E-state index < -0.39 is 11.6 Å². The standard InChI is InChI=1S/C27H29NO3/c1-4-27(3,26(29)30)31-25-16-14-24(15-17-25)28-19-18-20(2)21-10-12-23(13-11-21)22-8-6-5-7-9-22/h5-18,28H,4,19H2,1-3H3,(H,29,30)/b20-18+/t27-/m1/s1. The zero-order chi connectivity index (χ0) is 22.3. The van der Waals surface area contributed by atoms with Crippen LogP contribution in [0.15, 0.2) is 84.9 Å². The average molecular weight is 416 g/mol. The van der Waals surface area contributed by atoms with Crippen molar-refractivity contribution in [3.63, 3.8) is 0 Å². The van der Waals surface area contributed by atoms with Crippen LogP contribution in [0.25, 0.3) is 16.7 Å². The Morgan fingerprint density at radius 1 is 0.968 bits per heavy atom. The summed E-state index contributed by atoms with van der Waals surface area (Å²) in [5, 5.41) is 12.7. The van der Waals surface area contributed by atoms with Crippen LogP contribution in [0.4, 0.5) is 5.69 Å². The minimum Gasteiger partial charge on any atom is -0.478 e. The summed E-state index contributed by atoms with van der Waals surface area (Å²) < 4.78 is 5.67. The van der Waals surface area contributed by atoms with Crippen LogP contribution in [0.3, 0.4) is 0 Å². The van der Waals surface area contributed by atoms with E-state index in [1.165, 1.54) is 22.3 Å². The van der Waals surface area contributed by atoms with Crippen LogP contribution in [-0.4, -0.2) is 23.2 Å². The maximum absolute atomic E-state index is 11.4. The molecule has 0 aliphatic rings. The summed E-state index contributed by atoms with van der Waals surface area (Å²) >= 11 is 0. The number of allylic oxidation sites excluding steroid dienone is 1. The first kappa shape index (κ1) is 22.2. The molecule has 3 aromatic carbocycles. The molecule has 160 valence electrons. The largest absolute Gasteiger partial charge is 0.478 e. The topological polar surface area (TPSA) is 58.6 Å². The number of hydrogen-bond donors (Lipinski definition) is 2. The Bertz CT molecular complexity index is 1020. The van der Waals surface area contributed by atoms with Gasteiger partial charge in [0.05, 0.1) is 0 Å². The highest BCUT2D eigenvalue weighted by Crippen LogP contribution is 2.24. The summed E-state index contributed by atoms with van der Waals surface area (Å²) in [7, 11) is 0. The van der Waals surface area contributed by atoms with Crippen molar-refractivity contribution >= 4 is 17.2 Å². The van der Waals surface area contributed by atoms with Gasteiger partial charge in [0.1, 0.15) is 5.75 Å². The second-order valence-electron chi connectivity index (χ2n) is 7.73. The Kier molecular flexibility index (Phi) is 7.14. The maximum atomic E-state index is 11.4. The third kappa shape index (κ3) is 5.76. The van der Waals surface area contributed by atoms with Gasteiger partial charge in [0, 0.05) is 12.2 Å². The molecule has 3 aromatic rings. The Morgan fingerprint density at radius 2 is 1.58 bits per heavy atom. The molecule has 0 aromatic heterocycles. The van der Waals surface area contributed by atoms with Crippen LogP contribution in [0, 0.1) is 0 Å². The third-order valence-electron chi connectivity index (χ3n) is 5.49. The summed E-state index contributed by atoms with van der Waals surface area (Å²) in [6, 6.07) is 26.3. The van der Waals surface area contributed by atoms with Gasteiger partial charge >= 0.3 is 5.97 Å². The Hall–Kier alpha value is -3.53. The zero-order valence-electron chi connectivity index (χ0n) is 18.3. The van der Waals surface area contributed by atoms with E-state index in [-0.39, 0.29) is 0 Å². The number of hydrogen-bond acceptors (Lipinski definition) is 3. The molecular weight excluding hydrogens is 386 g/mol. The molecule has 0 radical (unpaired) electrons. The molecule has 0 unspecified atom stereocenters. The van der Waals surface area contributed by atoms with Gasteiger partial charge in [-0.15, -0.1) is 0 Å². The number of nitrogens with one attached hydrogen (secondary N) is 1. The van der Waals surface area contributed by atoms with E-state index in [1.807, 2.05) is 30.3 Å². The molecule has 0 fully saturated rings. The van der Waals surface area contributed by atoms with Crippen molar-refractivity contribution in [3.05, 3.63) is 90.5 Å². The highest BCUT2D eigenvalue weighted by atomic mass is 16.5. The number of carboxylic acids is 1. The first-order valence-corrected chi connectivity index (χ1v) is 10.5. The summed E-state index contributed by atoms with van der Waals surface area (Å²) in [6.45, 7) is 6.18. The van der Waals surface area contributed by atoms with E-state index in [9.17, 15) is 9.90 Å². The van der Waals surface area contributed by atoms with Crippen molar-refractivity contribution in [2.75, 3.05) is 11.9 Å². The number of carbonyl (C=O) groups is 1. The molecule has 1 atom stereocenters. The number of benzene rings is 3. The van der Waals surface area contributed by atoms with Crippen LogP contribution >= 0.6 is 0 Å². The van der Waals surface area contributed by atoms with E-state index in [0.29, 0.717) is 18.7 Å². The molecule has 0 amide bonds. The molecule has 0 aliphatic heterocycles. The van der Waals surface area contributed by atoms with Gasteiger partial charge < -0.3 is 15.2 Å². The van der Waals surface area contributed by atoms with Crippen LogP contribution in [0.5, 0.6) is 5.75 Å². The van der Waals surface area contributed by atoms with Gasteiger partial charge in [-0.2, -0.15) is 0 Å². The quantitative estimate of drug-likeness (QED) is 0.419. The molecule has 4 heteroatoms. The molecule has 31 heavy (non-hydrogen) atoms. The summed E-state index contributed by atoms with van der Waals surface area (Å²) in [5.74, 6) is -0.419. The van der Waals surface area contributed by atoms with Crippen LogP contribution in [0.2, 0.25) is 0 Å².